The molecule has 2 aromatic carbocycles. The van der Waals surface area contributed by atoms with E-state index >= 15 is 0 Å². The number of alkyl halides is 3. The number of hydrogen-bond acceptors (Lipinski definition) is 6. The lowest BCUT2D eigenvalue weighted by molar-refractivity contribution is -0.137. The van der Waals surface area contributed by atoms with E-state index in [2.05, 4.69) is 25.1 Å². The molecule has 2 aliphatic rings. The van der Waals surface area contributed by atoms with Crippen molar-refractivity contribution in [3.8, 4) is 33.6 Å². The van der Waals surface area contributed by atoms with Gasteiger partial charge in [0.25, 0.3) is 0 Å². The normalized spacial score (nSPS) is 19.0. The van der Waals surface area contributed by atoms with Gasteiger partial charge >= 0.3 is 6.18 Å². The molecule has 210 valence electrons. The van der Waals surface area contributed by atoms with Crippen LogP contribution in [0.5, 0.6) is 0 Å². The van der Waals surface area contributed by atoms with Crippen LogP contribution >= 0.6 is 0 Å². The van der Waals surface area contributed by atoms with E-state index in [1.54, 1.807) is 47.5 Å². The highest BCUT2D eigenvalue weighted by Crippen LogP contribution is 2.44. The van der Waals surface area contributed by atoms with Gasteiger partial charge in [-0.15, -0.1) is 0 Å². The minimum absolute atomic E-state index is 0.0850. The number of nitrogens with zero attached hydrogens (tertiary/aromatic N) is 7. The van der Waals surface area contributed by atoms with Crippen LogP contribution in [0.2, 0.25) is 0 Å². The average molecular weight is 567 g/mol. The molecular formula is C31H25F3N8. The number of aromatic nitrogens is 6. The molecule has 2 fully saturated rings. The lowest BCUT2D eigenvalue weighted by Crippen LogP contribution is -2.45. The summed E-state index contributed by atoms with van der Waals surface area (Å²) < 4.78 is 45.4. The number of halogens is 3. The van der Waals surface area contributed by atoms with Crippen molar-refractivity contribution in [2.75, 3.05) is 25.0 Å². The Morgan fingerprint density at radius 2 is 1.79 bits per heavy atom. The summed E-state index contributed by atoms with van der Waals surface area (Å²) in [6.45, 7) is 1.37. The molecule has 2 aliphatic heterocycles. The number of hydrogen-bond donors (Lipinski definition) is 1. The van der Waals surface area contributed by atoms with E-state index in [0.717, 1.165) is 40.6 Å². The first-order chi connectivity index (χ1) is 20.4. The van der Waals surface area contributed by atoms with Gasteiger partial charge in [0.05, 0.1) is 28.5 Å². The summed E-state index contributed by atoms with van der Waals surface area (Å²) in [6.07, 6.45) is 3.13. The average Bonchev–Trinajstić information content (AvgIpc) is 3.79. The predicted molar refractivity (Wildman–Crippen MR) is 154 cm³/mol. The lowest BCUT2D eigenvalue weighted by Gasteiger charge is -2.35. The van der Waals surface area contributed by atoms with Gasteiger partial charge in [-0.3, -0.25) is 15.0 Å². The van der Waals surface area contributed by atoms with Gasteiger partial charge in [0.15, 0.2) is 5.65 Å². The summed E-state index contributed by atoms with van der Waals surface area (Å²) in [5.74, 6) is 0. The number of pyridine rings is 1. The SMILES string of the molecule is CN1CC2CC1CN2c1ccc(-c2ccnc3c(-c4cccc5[nH]ncc45)c(-c4ccncc4)nn23)cc1C(F)(F)F. The number of aromatic amines is 1. The van der Waals surface area contributed by atoms with Gasteiger partial charge in [0.2, 0.25) is 0 Å². The molecule has 2 atom stereocenters. The van der Waals surface area contributed by atoms with E-state index in [0.29, 0.717) is 29.1 Å². The zero-order valence-electron chi connectivity index (χ0n) is 22.5. The molecule has 2 bridgehead atoms. The quantitative estimate of drug-likeness (QED) is 0.286. The first kappa shape index (κ1) is 25.0. The van der Waals surface area contributed by atoms with Crippen LogP contribution in [0.3, 0.4) is 0 Å². The fourth-order valence-corrected chi connectivity index (χ4v) is 6.64. The van der Waals surface area contributed by atoms with Crippen molar-refractivity contribution in [2.24, 2.45) is 0 Å². The third-order valence-corrected chi connectivity index (χ3v) is 8.65. The second-order valence-electron chi connectivity index (χ2n) is 11.0. The Bertz CT molecular complexity index is 1960. The molecule has 1 N–H and O–H groups in total. The maximum Gasteiger partial charge on any atom is 0.418 e. The number of likely N-dealkylation sites (tertiary alicyclic amines) is 1. The van der Waals surface area contributed by atoms with E-state index in [4.69, 9.17) is 5.10 Å². The third-order valence-electron chi connectivity index (χ3n) is 8.65. The molecule has 8 rings (SSSR count). The molecule has 6 aromatic rings. The maximum atomic E-state index is 14.6. The number of piperazine rings is 1. The Hall–Kier alpha value is -4.77. The molecule has 42 heavy (non-hydrogen) atoms. The van der Waals surface area contributed by atoms with Crippen molar-refractivity contribution < 1.29 is 13.2 Å². The molecule has 8 nitrogen and oxygen atoms in total. The number of nitrogens with one attached hydrogen (secondary N) is 1. The summed E-state index contributed by atoms with van der Waals surface area (Å²) in [4.78, 5) is 13.0. The van der Waals surface area contributed by atoms with Crippen LogP contribution in [0, 0.1) is 0 Å². The largest absolute Gasteiger partial charge is 0.418 e. The van der Waals surface area contributed by atoms with E-state index < -0.39 is 11.7 Å². The maximum absolute atomic E-state index is 14.6. The van der Waals surface area contributed by atoms with E-state index in [1.807, 2.05) is 42.3 Å². The Labute approximate surface area is 238 Å². The van der Waals surface area contributed by atoms with Crippen molar-refractivity contribution in [2.45, 2.75) is 24.7 Å². The van der Waals surface area contributed by atoms with Gasteiger partial charge in [-0.05, 0) is 55.4 Å². The number of H-pyrrole nitrogens is 1. The minimum Gasteiger partial charge on any atom is -0.365 e. The van der Waals surface area contributed by atoms with Crippen LogP contribution in [-0.2, 0) is 6.18 Å². The predicted octanol–water partition coefficient (Wildman–Crippen LogP) is 5.91. The summed E-state index contributed by atoms with van der Waals surface area (Å²) in [5, 5.41) is 13.1. The van der Waals surface area contributed by atoms with E-state index in [-0.39, 0.29) is 17.8 Å². The molecule has 4 aromatic heterocycles. The van der Waals surface area contributed by atoms with Crippen LogP contribution < -0.4 is 4.90 Å². The van der Waals surface area contributed by atoms with Gasteiger partial charge in [-0.1, -0.05) is 18.2 Å². The number of benzene rings is 2. The summed E-state index contributed by atoms with van der Waals surface area (Å²) in [7, 11) is 2.04. The fraction of sp³-hybridized carbons (Fsp3) is 0.226. The Morgan fingerprint density at radius 3 is 2.55 bits per heavy atom. The molecule has 0 radical (unpaired) electrons. The molecule has 0 spiro atoms. The molecular weight excluding hydrogens is 541 g/mol. The highest BCUT2D eigenvalue weighted by atomic mass is 19.4. The Balaban J connectivity index is 1.33. The Morgan fingerprint density at radius 1 is 0.929 bits per heavy atom. The number of anilines is 1. The van der Waals surface area contributed by atoms with Gasteiger partial charge in [-0.2, -0.15) is 23.4 Å². The number of rotatable bonds is 4. The highest BCUT2D eigenvalue weighted by molar-refractivity contribution is 6.02. The molecule has 2 saturated heterocycles. The van der Waals surface area contributed by atoms with Gasteiger partial charge < -0.3 is 4.90 Å². The molecule has 2 unspecified atom stereocenters. The zero-order chi connectivity index (χ0) is 28.6. The zero-order valence-corrected chi connectivity index (χ0v) is 22.5. The Kier molecular flexibility index (Phi) is 5.42. The lowest BCUT2D eigenvalue weighted by atomic mass is 9.99. The molecule has 11 heteroatoms. The number of fused-ring (bicyclic) bond motifs is 4. The molecule has 0 saturated carbocycles. The smallest absolute Gasteiger partial charge is 0.365 e. The van der Waals surface area contributed by atoms with Crippen LogP contribution in [0.15, 0.2) is 79.4 Å². The number of likely N-dealkylation sites (N-methyl/N-ethyl adjacent to an activating group) is 1. The van der Waals surface area contributed by atoms with Crippen molar-refractivity contribution in [3.05, 3.63) is 84.9 Å². The van der Waals surface area contributed by atoms with Crippen LogP contribution in [0.1, 0.15) is 12.0 Å². The van der Waals surface area contributed by atoms with Crippen LogP contribution in [0.25, 0.3) is 50.2 Å². The summed E-state index contributed by atoms with van der Waals surface area (Å²) >= 11 is 0. The summed E-state index contributed by atoms with van der Waals surface area (Å²) in [6, 6.07) is 16.3. The van der Waals surface area contributed by atoms with Crippen molar-refractivity contribution in [3.63, 3.8) is 0 Å². The van der Waals surface area contributed by atoms with E-state index in [1.165, 1.54) is 6.07 Å². The fourth-order valence-electron chi connectivity index (χ4n) is 6.64. The molecule has 0 amide bonds. The standard InChI is InChI=1S/C31H25F3N8/c1-40-16-21-14-20(40)17-41(21)27-6-5-19(13-24(27)31(32,33)34)26-9-12-36-30-28(22-3-2-4-25-23(22)15-37-38-25)29(39-42(26)30)18-7-10-35-11-8-18/h2-13,15,20-21H,14,16-17H2,1H3,(H,37,38). The van der Waals surface area contributed by atoms with Gasteiger partial charge in [0, 0.05) is 66.0 Å². The molecule has 0 aliphatic carbocycles. The van der Waals surface area contributed by atoms with Crippen molar-refractivity contribution in [1.82, 2.24) is 34.7 Å². The monoisotopic (exact) mass is 566 g/mol. The second-order valence-corrected chi connectivity index (χ2v) is 11.0. The van der Waals surface area contributed by atoms with Crippen LogP contribution in [-0.4, -0.2) is 66.9 Å². The van der Waals surface area contributed by atoms with Gasteiger partial charge in [0.1, 0.15) is 5.69 Å². The summed E-state index contributed by atoms with van der Waals surface area (Å²) in [5.41, 5.74) is 5.02. The van der Waals surface area contributed by atoms with E-state index in [9.17, 15) is 13.2 Å². The van der Waals surface area contributed by atoms with Crippen molar-refractivity contribution >= 4 is 22.2 Å². The first-order valence-electron chi connectivity index (χ1n) is 13.8. The topological polar surface area (TPSA) is 78.2 Å². The van der Waals surface area contributed by atoms with Gasteiger partial charge in [-0.25, -0.2) is 9.50 Å². The molecule has 6 heterocycles. The third kappa shape index (κ3) is 3.80. The van der Waals surface area contributed by atoms with Crippen LogP contribution in [0.4, 0.5) is 18.9 Å². The first-order valence-corrected chi connectivity index (χ1v) is 13.8. The highest BCUT2D eigenvalue weighted by Gasteiger charge is 2.44. The van der Waals surface area contributed by atoms with Crippen molar-refractivity contribution in [1.29, 1.82) is 0 Å². The minimum atomic E-state index is -4.51. The second kappa shape index (κ2) is 9.12.